The molecule has 0 spiro atoms. The van der Waals surface area contributed by atoms with Gasteiger partial charge in [0.2, 0.25) is 0 Å². The Balaban J connectivity index is 3.08. The molecule has 0 saturated heterocycles. The molecule has 0 heterocycles. The predicted octanol–water partition coefficient (Wildman–Crippen LogP) is 2.61. The third-order valence-electron chi connectivity index (χ3n) is 1.64. The summed E-state index contributed by atoms with van der Waals surface area (Å²) in [5.74, 6) is -0.369. The van der Waals surface area contributed by atoms with Crippen LogP contribution < -0.4 is 4.74 Å². The van der Waals surface area contributed by atoms with E-state index in [0.29, 0.717) is 11.8 Å². The third kappa shape index (κ3) is 2.33. The molecule has 0 radical (unpaired) electrons. The minimum Gasteiger partial charge on any atom is -0.494 e. The summed E-state index contributed by atoms with van der Waals surface area (Å²) in [5, 5.41) is 0.196. The van der Waals surface area contributed by atoms with Crippen molar-refractivity contribution in [3.05, 3.63) is 35.7 Å². The highest BCUT2D eigenvalue weighted by Crippen LogP contribution is 2.24. The molecule has 0 aliphatic carbocycles. The van der Waals surface area contributed by atoms with Crippen LogP contribution in [0.1, 0.15) is 5.56 Å². The number of allylic oxidation sites excluding steroid dienone is 1. The molecule has 0 N–H and O–H groups in total. The van der Waals surface area contributed by atoms with Crippen LogP contribution in [0.25, 0.3) is 5.03 Å². The first-order valence-corrected chi connectivity index (χ1v) is 4.21. The molecule has 0 unspecified atom stereocenters. The van der Waals surface area contributed by atoms with Crippen LogP contribution in [0.4, 0.5) is 4.39 Å². The molecule has 0 saturated carbocycles. The van der Waals surface area contributed by atoms with Crippen molar-refractivity contribution in [2.45, 2.75) is 0 Å². The Hall–Kier alpha value is -1.35. The maximum atomic E-state index is 13.2. The summed E-state index contributed by atoms with van der Waals surface area (Å²) in [6.45, 7) is 0. The molecule has 0 aromatic heterocycles. The lowest BCUT2D eigenvalue weighted by Crippen LogP contribution is -1.89. The largest absolute Gasteiger partial charge is 0.494 e. The molecule has 1 rings (SSSR count). The van der Waals surface area contributed by atoms with Crippen LogP contribution in [0.2, 0.25) is 0 Å². The first kappa shape index (κ1) is 10.7. The molecular formula is C10H8ClFO2. The maximum absolute atomic E-state index is 13.2. The zero-order valence-corrected chi connectivity index (χ0v) is 8.22. The number of ether oxygens (including phenoxy) is 1. The highest BCUT2D eigenvalue weighted by atomic mass is 35.5. The summed E-state index contributed by atoms with van der Waals surface area (Å²) in [6.07, 6.45) is 1.70. The molecule has 0 atom stereocenters. The van der Waals surface area contributed by atoms with E-state index in [4.69, 9.17) is 16.3 Å². The van der Waals surface area contributed by atoms with E-state index in [0.717, 1.165) is 6.08 Å². The average molecular weight is 215 g/mol. The van der Waals surface area contributed by atoms with Gasteiger partial charge in [-0.25, -0.2) is 4.39 Å². The van der Waals surface area contributed by atoms with Gasteiger partial charge in [0.25, 0.3) is 0 Å². The van der Waals surface area contributed by atoms with Gasteiger partial charge in [0, 0.05) is 0 Å². The van der Waals surface area contributed by atoms with Gasteiger partial charge in [0.15, 0.2) is 11.6 Å². The van der Waals surface area contributed by atoms with E-state index in [2.05, 4.69) is 0 Å². The van der Waals surface area contributed by atoms with E-state index in [1.807, 2.05) is 0 Å². The number of hydrogen-bond acceptors (Lipinski definition) is 2. The van der Waals surface area contributed by atoms with Crippen molar-refractivity contribution in [3.63, 3.8) is 0 Å². The van der Waals surface area contributed by atoms with E-state index in [1.165, 1.54) is 19.2 Å². The summed E-state index contributed by atoms with van der Waals surface area (Å²) in [6, 6.07) is 4.23. The molecular weight excluding hydrogens is 207 g/mol. The minimum atomic E-state index is -0.512. The van der Waals surface area contributed by atoms with Crippen LogP contribution in [-0.4, -0.2) is 13.4 Å². The number of carbonyl (C=O) groups excluding carboxylic acids is 1. The molecule has 0 amide bonds. The normalized spacial score (nSPS) is 11.2. The SMILES string of the molecule is COc1ccc(C(Cl)=CC=O)cc1F. The first-order chi connectivity index (χ1) is 6.69. The van der Waals surface area contributed by atoms with Crippen LogP contribution >= 0.6 is 11.6 Å². The quantitative estimate of drug-likeness (QED) is 0.571. The standard InChI is InChI=1S/C10H8ClFO2/c1-14-10-3-2-7(6-9(10)12)8(11)4-5-13/h2-6H,1H3. The monoisotopic (exact) mass is 214 g/mol. The maximum Gasteiger partial charge on any atom is 0.165 e. The molecule has 1 aromatic rings. The number of aldehydes is 1. The molecule has 2 nitrogen and oxygen atoms in total. The Morgan fingerprint density at radius 2 is 2.29 bits per heavy atom. The summed E-state index contributed by atoms with van der Waals surface area (Å²) < 4.78 is 17.9. The van der Waals surface area contributed by atoms with Crippen molar-refractivity contribution in [2.24, 2.45) is 0 Å². The van der Waals surface area contributed by atoms with Gasteiger partial charge in [-0.2, -0.15) is 0 Å². The lowest BCUT2D eigenvalue weighted by Gasteiger charge is -2.03. The number of hydrogen-bond donors (Lipinski definition) is 0. The lowest BCUT2D eigenvalue weighted by atomic mass is 10.2. The summed E-state index contributed by atoms with van der Waals surface area (Å²) in [7, 11) is 1.38. The van der Waals surface area contributed by atoms with Gasteiger partial charge in [0.05, 0.1) is 12.1 Å². The van der Waals surface area contributed by atoms with Crippen molar-refractivity contribution in [2.75, 3.05) is 7.11 Å². The number of benzene rings is 1. The van der Waals surface area contributed by atoms with E-state index in [9.17, 15) is 9.18 Å². The zero-order valence-electron chi connectivity index (χ0n) is 7.46. The van der Waals surface area contributed by atoms with E-state index in [-0.39, 0.29) is 10.8 Å². The highest BCUT2D eigenvalue weighted by Gasteiger charge is 2.05. The van der Waals surface area contributed by atoms with Crippen molar-refractivity contribution >= 4 is 22.9 Å². The first-order valence-electron chi connectivity index (χ1n) is 3.84. The fourth-order valence-electron chi connectivity index (χ4n) is 0.971. The molecule has 0 fully saturated rings. The van der Waals surface area contributed by atoms with Crippen LogP contribution in [0.15, 0.2) is 24.3 Å². The van der Waals surface area contributed by atoms with Crippen LogP contribution in [-0.2, 0) is 4.79 Å². The smallest absolute Gasteiger partial charge is 0.165 e. The Bertz CT molecular complexity index is 374. The molecule has 1 aromatic carbocycles. The van der Waals surface area contributed by atoms with Crippen molar-refractivity contribution < 1.29 is 13.9 Å². The highest BCUT2D eigenvalue weighted by molar-refractivity contribution is 6.49. The van der Waals surface area contributed by atoms with E-state index < -0.39 is 5.82 Å². The lowest BCUT2D eigenvalue weighted by molar-refractivity contribution is -0.104. The molecule has 0 bridgehead atoms. The summed E-state index contributed by atoms with van der Waals surface area (Å²) >= 11 is 5.70. The molecule has 4 heteroatoms. The van der Waals surface area contributed by atoms with Gasteiger partial charge in [-0.3, -0.25) is 4.79 Å². The topological polar surface area (TPSA) is 26.3 Å². The van der Waals surface area contributed by atoms with Gasteiger partial charge in [-0.05, 0) is 29.8 Å². The second kappa shape index (κ2) is 4.77. The van der Waals surface area contributed by atoms with Crippen LogP contribution in [0, 0.1) is 5.82 Å². The fraction of sp³-hybridized carbons (Fsp3) is 0.100. The Morgan fingerprint density at radius 1 is 1.57 bits per heavy atom. The van der Waals surface area contributed by atoms with Crippen molar-refractivity contribution in [1.29, 1.82) is 0 Å². The number of methoxy groups -OCH3 is 1. The van der Waals surface area contributed by atoms with Gasteiger partial charge in [-0.1, -0.05) is 11.6 Å². The third-order valence-corrected chi connectivity index (χ3v) is 1.99. The number of halogens is 2. The van der Waals surface area contributed by atoms with E-state index in [1.54, 1.807) is 6.07 Å². The second-order valence-electron chi connectivity index (χ2n) is 2.50. The summed E-state index contributed by atoms with van der Waals surface area (Å²) in [5.41, 5.74) is 0.442. The molecule has 0 aliphatic heterocycles. The van der Waals surface area contributed by atoms with Crippen molar-refractivity contribution in [1.82, 2.24) is 0 Å². The average Bonchev–Trinajstić information content (AvgIpc) is 2.18. The zero-order chi connectivity index (χ0) is 10.6. The van der Waals surface area contributed by atoms with Crippen molar-refractivity contribution in [3.8, 4) is 5.75 Å². The minimum absolute atomic E-state index is 0.143. The molecule has 0 aliphatic rings. The van der Waals surface area contributed by atoms with Crippen LogP contribution in [0.3, 0.4) is 0 Å². The van der Waals surface area contributed by atoms with Gasteiger partial charge in [-0.15, -0.1) is 0 Å². The van der Waals surface area contributed by atoms with E-state index >= 15 is 0 Å². The summed E-state index contributed by atoms with van der Waals surface area (Å²) in [4.78, 5) is 10.1. The van der Waals surface area contributed by atoms with Gasteiger partial charge >= 0.3 is 0 Å². The fourth-order valence-corrected chi connectivity index (χ4v) is 1.14. The molecule has 74 valence electrons. The Morgan fingerprint density at radius 3 is 2.79 bits per heavy atom. The van der Waals surface area contributed by atoms with Gasteiger partial charge in [0.1, 0.15) is 6.29 Å². The van der Waals surface area contributed by atoms with Crippen LogP contribution in [0.5, 0.6) is 5.75 Å². The second-order valence-corrected chi connectivity index (χ2v) is 2.91. The predicted molar refractivity (Wildman–Crippen MR) is 52.8 cm³/mol. The Kier molecular flexibility index (Phi) is 3.65. The van der Waals surface area contributed by atoms with Gasteiger partial charge < -0.3 is 4.74 Å². The Labute approximate surface area is 85.9 Å². The molecule has 14 heavy (non-hydrogen) atoms. The number of rotatable bonds is 3. The number of carbonyl (C=O) groups is 1.